The number of benzene rings is 1. The van der Waals surface area contributed by atoms with Gasteiger partial charge in [-0.1, -0.05) is 0 Å². The lowest BCUT2D eigenvalue weighted by atomic mass is 9.95. The van der Waals surface area contributed by atoms with Crippen molar-refractivity contribution >= 4 is 17.5 Å². The maximum Gasteiger partial charge on any atom is 0.241 e. The van der Waals surface area contributed by atoms with Gasteiger partial charge < -0.3 is 15.8 Å². The Morgan fingerprint density at radius 2 is 1.86 bits per heavy atom. The van der Waals surface area contributed by atoms with Crippen LogP contribution < -0.4 is 15.8 Å². The Hall–Kier alpha value is -2.08. The molecule has 3 N–H and O–H groups in total. The molecular weight excluding hydrogens is 282 g/mol. The average Bonchev–Trinajstić information content (AvgIpc) is 2.55. The molecule has 1 aromatic carbocycles. The van der Waals surface area contributed by atoms with Gasteiger partial charge in [0.2, 0.25) is 11.8 Å². The van der Waals surface area contributed by atoms with Crippen LogP contribution in [0.5, 0.6) is 5.75 Å². The van der Waals surface area contributed by atoms with E-state index >= 15 is 0 Å². The third-order valence-corrected chi connectivity index (χ3v) is 4.22. The smallest absolute Gasteiger partial charge is 0.241 e. The number of likely N-dealkylation sites (tertiary alicyclic amines) is 1. The van der Waals surface area contributed by atoms with E-state index in [0.29, 0.717) is 13.1 Å². The van der Waals surface area contributed by atoms with Gasteiger partial charge in [0.05, 0.1) is 13.2 Å². The Morgan fingerprint density at radius 1 is 1.27 bits per heavy atom. The van der Waals surface area contributed by atoms with E-state index < -0.39 is 0 Å². The first-order valence-electron chi connectivity index (χ1n) is 7.49. The zero-order valence-electron chi connectivity index (χ0n) is 13.0. The number of rotatable bonds is 5. The normalized spacial score (nSPS) is 17.7. The summed E-state index contributed by atoms with van der Waals surface area (Å²) >= 11 is 0. The van der Waals surface area contributed by atoms with Crippen molar-refractivity contribution in [1.82, 2.24) is 4.90 Å². The first-order chi connectivity index (χ1) is 10.5. The minimum atomic E-state index is -0.241. The van der Waals surface area contributed by atoms with Gasteiger partial charge in [0.1, 0.15) is 5.75 Å². The summed E-state index contributed by atoms with van der Waals surface area (Å²) in [5.74, 6) is 0.394. The molecular formula is C16H23N3O3. The molecule has 0 aromatic heterocycles. The van der Waals surface area contributed by atoms with Gasteiger partial charge in [-0.25, -0.2) is 0 Å². The molecule has 0 bridgehead atoms. The minimum Gasteiger partial charge on any atom is -0.497 e. The maximum absolute atomic E-state index is 12.3. The summed E-state index contributed by atoms with van der Waals surface area (Å²) in [6.45, 7) is 3.30. The molecule has 6 heteroatoms. The molecule has 0 aliphatic carbocycles. The quantitative estimate of drug-likeness (QED) is 0.856. The molecule has 1 aromatic rings. The Labute approximate surface area is 130 Å². The van der Waals surface area contributed by atoms with Crippen molar-refractivity contribution < 1.29 is 14.3 Å². The summed E-state index contributed by atoms with van der Waals surface area (Å²) < 4.78 is 5.09. The number of anilines is 1. The van der Waals surface area contributed by atoms with Crippen molar-refractivity contribution in [1.29, 1.82) is 0 Å². The van der Waals surface area contributed by atoms with E-state index in [1.54, 1.807) is 19.2 Å². The number of nitrogens with zero attached hydrogens (tertiary/aromatic N) is 1. The molecule has 0 spiro atoms. The number of nitrogens with two attached hydrogens (primary N) is 1. The topological polar surface area (TPSA) is 84.7 Å². The number of carbonyl (C=O) groups is 2. The molecule has 0 radical (unpaired) electrons. The van der Waals surface area contributed by atoms with Crippen LogP contribution >= 0.6 is 0 Å². The summed E-state index contributed by atoms with van der Waals surface area (Å²) in [7, 11) is 1.60. The second-order valence-corrected chi connectivity index (χ2v) is 5.61. The Kier molecular flexibility index (Phi) is 5.38. The van der Waals surface area contributed by atoms with Crippen LogP contribution in [0, 0.1) is 5.92 Å². The maximum atomic E-state index is 12.3. The molecule has 1 heterocycles. The molecule has 120 valence electrons. The predicted octanol–water partition coefficient (Wildman–Crippen LogP) is 1.22. The number of primary amides is 1. The Bertz CT molecular complexity index is 522. The van der Waals surface area contributed by atoms with E-state index in [4.69, 9.17) is 10.5 Å². The van der Waals surface area contributed by atoms with E-state index in [1.807, 2.05) is 19.1 Å². The van der Waals surface area contributed by atoms with Crippen molar-refractivity contribution in [3.8, 4) is 5.75 Å². The van der Waals surface area contributed by atoms with Crippen LogP contribution in [0.3, 0.4) is 0 Å². The fourth-order valence-corrected chi connectivity index (χ4v) is 2.66. The molecule has 2 amide bonds. The number of carbonyl (C=O) groups excluding carboxylic acids is 2. The molecule has 1 saturated heterocycles. The number of piperidine rings is 1. The number of nitrogens with one attached hydrogen (secondary N) is 1. The SMILES string of the molecule is COc1ccc(NC(=O)[C@H](C)N2CCC(C(N)=O)CC2)cc1. The minimum absolute atomic E-state index is 0.0531. The third kappa shape index (κ3) is 3.98. The van der Waals surface area contributed by atoms with Crippen LogP contribution in [0.4, 0.5) is 5.69 Å². The Balaban J connectivity index is 1.88. The van der Waals surface area contributed by atoms with Crippen molar-refractivity contribution in [2.75, 3.05) is 25.5 Å². The summed E-state index contributed by atoms with van der Waals surface area (Å²) in [4.78, 5) is 25.6. The second kappa shape index (κ2) is 7.26. The van der Waals surface area contributed by atoms with Gasteiger partial charge in [-0.2, -0.15) is 0 Å². The lowest BCUT2D eigenvalue weighted by molar-refractivity contribution is -0.124. The lowest BCUT2D eigenvalue weighted by Crippen LogP contribution is -2.47. The largest absolute Gasteiger partial charge is 0.497 e. The van der Waals surface area contributed by atoms with Gasteiger partial charge in [0, 0.05) is 11.6 Å². The zero-order chi connectivity index (χ0) is 16.1. The van der Waals surface area contributed by atoms with Gasteiger partial charge in [-0.05, 0) is 57.1 Å². The highest BCUT2D eigenvalue weighted by Gasteiger charge is 2.28. The average molecular weight is 305 g/mol. The molecule has 6 nitrogen and oxygen atoms in total. The Morgan fingerprint density at radius 3 is 2.36 bits per heavy atom. The van der Waals surface area contributed by atoms with E-state index in [2.05, 4.69) is 10.2 Å². The van der Waals surface area contributed by atoms with Crippen LogP contribution in [0.15, 0.2) is 24.3 Å². The summed E-state index contributed by atoms with van der Waals surface area (Å²) in [6, 6.07) is 6.99. The van der Waals surface area contributed by atoms with Crippen LogP contribution in [0.25, 0.3) is 0 Å². The van der Waals surface area contributed by atoms with Crippen LogP contribution in [-0.4, -0.2) is 43.0 Å². The van der Waals surface area contributed by atoms with E-state index in [1.165, 1.54) is 0 Å². The van der Waals surface area contributed by atoms with Crippen molar-refractivity contribution in [2.24, 2.45) is 11.7 Å². The standard InChI is InChI=1S/C16H23N3O3/c1-11(19-9-7-12(8-10-19)15(17)20)16(21)18-13-3-5-14(22-2)6-4-13/h3-6,11-12H,7-10H2,1-2H3,(H2,17,20)(H,18,21)/t11-/m0/s1. The van der Waals surface area contributed by atoms with E-state index in [0.717, 1.165) is 24.3 Å². The number of hydrogen-bond acceptors (Lipinski definition) is 4. The fraction of sp³-hybridized carbons (Fsp3) is 0.500. The lowest BCUT2D eigenvalue weighted by Gasteiger charge is -2.34. The summed E-state index contributed by atoms with van der Waals surface area (Å²) in [5.41, 5.74) is 6.07. The van der Waals surface area contributed by atoms with Gasteiger partial charge in [0.15, 0.2) is 0 Å². The van der Waals surface area contributed by atoms with Gasteiger partial charge >= 0.3 is 0 Å². The molecule has 22 heavy (non-hydrogen) atoms. The molecule has 0 saturated carbocycles. The zero-order valence-corrected chi connectivity index (χ0v) is 13.0. The molecule has 1 aliphatic heterocycles. The summed E-state index contributed by atoms with van der Waals surface area (Å²) in [6.07, 6.45) is 1.44. The van der Waals surface area contributed by atoms with Crippen LogP contribution in [-0.2, 0) is 9.59 Å². The highest BCUT2D eigenvalue weighted by Crippen LogP contribution is 2.20. The molecule has 1 atom stereocenters. The van der Waals surface area contributed by atoms with Crippen LogP contribution in [0.1, 0.15) is 19.8 Å². The number of ether oxygens (including phenoxy) is 1. The monoisotopic (exact) mass is 305 g/mol. The second-order valence-electron chi connectivity index (χ2n) is 5.61. The number of amides is 2. The van der Waals surface area contributed by atoms with Crippen molar-refractivity contribution in [3.05, 3.63) is 24.3 Å². The van der Waals surface area contributed by atoms with Crippen molar-refractivity contribution in [3.63, 3.8) is 0 Å². The van der Waals surface area contributed by atoms with E-state index in [-0.39, 0.29) is 23.8 Å². The highest BCUT2D eigenvalue weighted by molar-refractivity contribution is 5.94. The van der Waals surface area contributed by atoms with Gasteiger partial charge in [0.25, 0.3) is 0 Å². The first kappa shape index (κ1) is 16.3. The number of methoxy groups -OCH3 is 1. The van der Waals surface area contributed by atoms with Gasteiger partial charge in [-0.15, -0.1) is 0 Å². The molecule has 0 unspecified atom stereocenters. The van der Waals surface area contributed by atoms with Crippen molar-refractivity contribution in [2.45, 2.75) is 25.8 Å². The number of hydrogen-bond donors (Lipinski definition) is 2. The molecule has 2 rings (SSSR count). The molecule has 1 aliphatic rings. The van der Waals surface area contributed by atoms with Gasteiger partial charge in [-0.3, -0.25) is 14.5 Å². The molecule has 1 fully saturated rings. The first-order valence-corrected chi connectivity index (χ1v) is 7.49. The highest BCUT2D eigenvalue weighted by atomic mass is 16.5. The van der Waals surface area contributed by atoms with Crippen LogP contribution in [0.2, 0.25) is 0 Å². The van der Waals surface area contributed by atoms with E-state index in [9.17, 15) is 9.59 Å². The predicted molar refractivity (Wildman–Crippen MR) is 84.6 cm³/mol. The third-order valence-electron chi connectivity index (χ3n) is 4.22. The summed E-state index contributed by atoms with van der Waals surface area (Å²) in [5, 5.41) is 2.90. The fourth-order valence-electron chi connectivity index (χ4n) is 2.66.